The molecule has 5 aromatic rings. The number of anilines is 2. The van der Waals surface area contributed by atoms with Gasteiger partial charge in [0.1, 0.15) is 5.52 Å². The molecule has 2 heterocycles. The number of H-pyrrole nitrogens is 1. The number of aromatic nitrogens is 3. The van der Waals surface area contributed by atoms with Crippen LogP contribution in [0, 0.1) is 13.8 Å². The maximum atomic E-state index is 12.4. The van der Waals surface area contributed by atoms with E-state index in [-0.39, 0.29) is 6.03 Å². The number of fused-ring (bicyclic) bond motifs is 4. The highest BCUT2D eigenvalue weighted by atomic mass is 16.2. The Morgan fingerprint density at radius 2 is 1.52 bits per heavy atom. The molecule has 142 valence electrons. The summed E-state index contributed by atoms with van der Waals surface area (Å²) >= 11 is 0. The molecule has 0 spiro atoms. The van der Waals surface area contributed by atoms with Gasteiger partial charge in [0.2, 0.25) is 0 Å². The number of benzene rings is 3. The largest absolute Gasteiger partial charge is 0.338 e. The number of aryl methyl sites for hydroxylation is 2. The molecular formula is C23H19N5O. The summed E-state index contributed by atoms with van der Waals surface area (Å²) in [7, 11) is 0. The van der Waals surface area contributed by atoms with Gasteiger partial charge in [-0.1, -0.05) is 18.2 Å². The van der Waals surface area contributed by atoms with E-state index in [2.05, 4.69) is 20.6 Å². The first-order valence-corrected chi connectivity index (χ1v) is 9.40. The van der Waals surface area contributed by atoms with Gasteiger partial charge in [0, 0.05) is 22.3 Å². The lowest BCUT2D eigenvalue weighted by Crippen LogP contribution is -2.19. The Kier molecular flexibility index (Phi) is 3.91. The second kappa shape index (κ2) is 6.60. The number of carbonyl (C=O) groups is 1. The molecule has 0 bridgehead atoms. The van der Waals surface area contributed by atoms with Gasteiger partial charge in [-0.2, -0.15) is 0 Å². The number of rotatable bonds is 2. The minimum absolute atomic E-state index is 0.288. The molecule has 5 rings (SSSR count). The second-order valence-electron chi connectivity index (χ2n) is 7.17. The van der Waals surface area contributed by atoms with Gasteiger partial charge in [0.15, 0.2) is 5.65 Å². The standard InChI is InChI=1S/C23H19N5O/c1-13-7-8-15(11-14(13)2)24-23(29)25-16-9-10-18-17(12-16)21-22(27-18)28-20-6-4-3-5-19(20)26-21/h3-12H,1-2H3,(H,27,28)(H2,24,25,29). The fourth-order valence-corrected chi connectivity index (χ4v) is 3.44. The maximum Gasteiger partial charge on any atom is 0.323 e. The molecule has 0 unspecified atom stereocenters. The third kappa shape index (κ3) is 3.14. The smallest absolute Gasteiger partial charge is 0.323 e. The molecule has 0 aliphatic carbocycles. The minimum atomic E-state index is -0.288. The number of urea groups is 1. The van der Waals surface area contributed by atoms with Gasteiger partial charge in [-0.3, -0.25) is 0 Å². The maximum absolute atomic E-state index is 12.4. The van der Waals surface area contributed by atoms with Gasteiger partial charge < -0.3 is 15.6 Å². The Labute approximate surface area is 167 Å². The van der Waals surface area contributed by atoms with Crippen LogP contribution in [0.25, 0.3) is 33.1 Å². The molecule has 0 radical (unpaired) electrons. The fraction of sp³-hybridized carbons (Fsp3) is 0.0870. The number of nitrogens with zero attached hydrogens (tertiary/aromatic N) is 2. The molecule has 29 heavy (non-hydrogen) atoms. The average molecular weight is 381 g/mol. The van der Waals surface area contributed by atoms with Crippen LogP contribution in [0.15, 0.2) is 60.7 Å². The number of carbonyl (C=O) groups excluding carboxylic acids is 1. The molecule has 2 aromatic heterocycles. The Morgan fingerprint density at radius 3 is 2.28 bits per heavy atom. The number of aromatic amines is 1. The van der Waals surface area contributed by atoms with Crippen LogP contribution in [0.4, 0.5) is 16.2 Å². The monoisotopic (exact) mass is 381 g/mol. The molecule has 3 aromatic carbocycles. The summed E-state index contributed by atoms with van der Waals surface area (Å²) in [5, 5.41) is 6.69. The van der Waals surface area contributed by atoms with E-state index in [1.807, 2.05) is 74.5 Å². The highest BCUT2D eigenvalue weighted by Crippen LogP contribution is 2.27. The van der Waals surface area contributed by atoms with Crippen molar-refractivity contribution in [3.63, 3.8) is 0 Å². The van der Waals surface area contributed by atoms with Gasteiger partial charge in [0.05, 0.1) is 11.0 Å². The molecule has 0 aliphatic rings. The summed E-state index contributed by atoms with van der Waals surface area (Å²) in [4.78, 5) is 25.1. The van der Waals surface area contributed by atoms with E-state index in [1.54, 1.807) is 0 Å². The van der Waals surface area contributed by atoms with Crippen LogP contribution in [-0.2, 0) is 0 Å². The molecule has 6 heteroatoms. The molecule has 0 fully saturated rings. The Morgan fingerprint density at radius 1 is 0.828 bits per heavy atom. The normalized spacial score (nSPS) is 11.2. The zero-order valence-electron chi connectivity index (χ0n) is 16.1. The number of para-hydroxylation sites is 2. The molecule has 0 aliphatic heterocycles. The minimum Gasteiger partial charge on any atom is -0.338 e. The topological polar surface area (TPSA) is 82.7 Å². The van der Waals surface area contributed by atoms with Crippen molar-refractivity contribution in [3.8, 4) is 0 Å². The lowest BCUT2D eigenvalue weighted by molar-refractivity contribution is 0.262. The SMILES string of the molecule is Cc1ccc(NC(=O)Nc2ccc3[nH]c4nc5ccccc5nc4c3c2)cc1C. The van der Waals surface area contributed by atoms with Crippen LogP contribution >= 0.6 is 0 Å². The molecule has 3 N–H and O–H groups in total. The van der Waals surface area contributed by atoms with Crippen molar-refractivity contribution < 1.29 is 4.79 Å². The predicted molar refractivity (Wildman–Crippen MR) is 117 cm³/mol. The van der Waals surface area contributed by atoms with Crippen molar-refractivity contribution in [3.05, 3.63) is 71.8 Å². The van der Waals surface area contributed by atoms with Crippen molar-refractivity contribution in [2.75, 3.05) is 10.6 Å². The van der Waals surface area contributed by atoms with E-state index < -0.39 is 0 Å². The average Bonchev–Trinajstić information content (AvgIpc) is 3.06. The number of hydrogen-bond acceptors (Lipinski definition) is 3. The van der Waals surface area contributed by atoms with Gasteiger partial charge >= 0.3 is 6.03 Å². The van der Waals surface area contributed by atoms with Gasteiger partial charge in [-0.15, -0.1) is 0 Å². The van der Waals surface area contributed by atoms with Crippen molar-refractivity contribution in [2.45, 2.75) is 13.8 Å². The van der Waals surface area contributed by atoms with Crippen LogP contribution in [0.1, 0.15) is 11.1 Å². The fourth-order valence-electron chi connectivity index (χ4n) is 3.44. The summed E-state index contributed by atoms with van der Waals surface area (Å²) in [6.07, 6.45) is 0. The summed E-state index contributed by atoms with van der Waals surface area (Å²) in [6, 6.07) is 19.0. The van der Waals surface area contributed by atoms with Gasteiger partial charge in [-0.25, -0.2) is 14.8 Å². The quantitative estimate of drug-likeness (QED) is 0.376. The van der Waals surface area contributed by atoms with Crippen molar-refractivity contribution >= 4 is 50.5 Å². The van der Waals surface area contributed by atoms with Crippen LogP contribution in [0.5, 0.6) is 0 Å². The van der Waals surface area contributed by atoms with E-state index in [4.69, 9.17) is 4.98 Å². The van der Waals surface area contributed by atoms with Crippen LogP contribution in [-0.4, -0.2) is 21.0 Å². The van der Waals surface area contributed by atoms with Crippen molar-refractivity contribution in [1.29, 1.82) is 0 Å². The lowest BCUT2D eigenvalue weighted by atomic mass is 10.1. The Hall–Kier alpha value is -3.93. The van der Waals surface area contributed by atoms with E-state index in [0.29, 0.717) is 5.69 Å². The van der Waals surface area contributed by atoms with E-state index in [1.165, 1.54) is 5.56 Å². The summed E-state index contributed by atoms with van der Waals surface area (Å²) in [5.74, 6) is 0. The lowest BCUT2D eigenvalue weighted by Gasteiger charge is -2.09. The van der Waals surface area contributed by atoms with Crippen molar-refractivity contribution in [2.24, 2.45) is 0 Å². The predicted octanol–water partition coefficient (Wildman–Crippen LogP) is 5.53. The molecule has 0 saturated heterocycles. The summed E-state index contributed by atoms with van der Waals surface area (Å²) < 4.78 is 0. The summed E-state index contributed by atoms with van der Waals surface area (Å²) in [6.45, 7) is 4.07. The molecule has 2 amide bonds. The zero-order chi connectivity index (χ0) is 20.0. The second-order valence-corrected chi connectivity index (χ2v) is 7.17. The Bertz CT molecular complexity index is 1400. The van der Waals surface area contributed by atoms with E-state index in [9.17, 15) is 4.79 Å². The third-order valence-electron chi connectivity index (χ3n) is 5.12. The first-order valence-electron chi connectivity index (χ1n) is 9.40. The third-order valence-corrected chi connectivity index (χ3v) is 5.12. The first kappa shape index (κ1) is 17.2. The van der Waals surface area contributed by atoms with Crippen LogP contribution in [0.3, 0.4) is 0 Å². The van der Waals surface area contributed by atoms with Crippen LogP contribution in [0.2, 0.25) is 0 Å². The number of nitrogens with one attached hydrogen (secondary N) is 3. The van der Waals surface area contributed by atoms with E-state index >= 15 is 0 Å². The molecule has 6 nitrogen and oxygen atoms in total. The molecule has 0 atom stereocenters. The van der Waals surface area contributed by atoms with Crippen LogP contribution < -0.4 is 10.6 Å². The van der Waals surface area contributed by atoms with Crippen molar-refractivity contribution in [1.82, 2.24) is 15.0 Å². The number of hydrogen-bond donors (Lipinski definition) is 3. The Balaban J connectivity index is 1.46. The summed E-state index contributed by atoms with van der Waals surface area (Å²) in [5.41, 5.74) is 7.90. The van der Waals surface area contributed by atoms with Gasteiger partial charge in [0.25, 0.3) is 0 Å². The first-order chi connectivity index (χ1) is 14.1. The number of amides is 2. The molecule has 0 saturated carbocycles. The highest BCUT2D eigenvalue weighted by Gasteiger charge is 2.11. The van der Waals surface area contributed by atoms with Gasteiger partial charge in [-0.05, 0) is 67.4 Å². The highest BCUT2D eigenvalue weighted by molar-refractivity contribution is 6.08. The zero-order valence-corrected chi connectivity index (χ0v) is 16.1. The van der Waals surface area contributed by atoms with E-state index in [0.717, 1.165) is 44.4 Å². The molecular weight excluding hydrogens is 362 g/mol.